The first-order chi connectivity index (χ1) is 14.9. The number of nitrogens with zero attached hydrogens (tertiary/aromatic N) is 3. The molecule has 4 rings (SSSR count). The number of nitrogens with one attached hydrogen (secondary N) is 1. The van der Waals surface area contributed by atoms with Crippen LogP contribution in [-0.4, -0.2) is 56.8 Å². The van der Waals surface area contributed by atoms with Crippen LogP contribution in [0, 0.1) is 5.92 Å². The SMILES string of the molecule is CNc1cc(C(=O)N2CCC[C@H](COc3cccc4c3C(N)=NS(=O)(=O)C4)C2)ccn1. The van der Waals surface area contributed by atoms with Crippen LogP contribution in [0.3, 0.4) is 0 Å². The average Bonchev–Trinajstić information content (AvgIpc) is 2.76. The highest BCUT2D eigenvalue weighted by Crippen LogP contribution is 2.29. The van der Waals surface area contributed by atoms with Crippen LogP contribution in [-0.2, 0) is 15.8 Å². The van der Waals surface area contributed by atoms with Gasteiger partial charge in [0.2, 0.25) is 0 Å². The maximum absolute atomic E-state index is 12.9. The van der Waals surface area contributed by atoms with Crippen LogP contribution in [0.25, 0.3) is 0 Å². The average molecular weight is 444 g/mol. The van der Waals surface area contributed by atoms with E-state index in [0.717, 1.165) is 12.8 Å². The van der Waals surface area contributed by atoms with Crippen molar-refractivity contribution < 1.29 is 17.9 Å². The van der Waals surface area contributed by atoms with Crippen molar-refractivity contribution in [2.75, 3.05) is 32.1 Å². The number of rotatable bonds is 5. The summed E-state index contributed by atoms with van der Waals surface area (Å²) in [5, 5.41) is 2.95. The summed E-state index contributed by atoms with van der Waals surface area (Å²) in [6, 6.07) is 8.70. The monoisotopic (exact) mass is 443 g/mol. The van der Waals surface area contributed by atoms with Crippen molar-refractivity contribution in [1.82, 2.24) is 9.88 Å². The largest absolute Gasteiger partial charge is 0.492 e. The number of hydrogen-bond acceptors (Lipinski definition) is 7. The molecule has 31 heavy (non-hydrogen) atoms. The van der Waals surface area contributed by atoms with E-state index in [1.54, 1.807) is 43.6 Å². The van der Waals surface area contributed by atoms with E-state index in [2.05, 4.69) is 14.7 Å². The van der Waals surface area contributed by atoms with Gasteiger partial charge >= 0.3 is 0 Å². The normalized spacial score (nSPS) is 19.8. The van der Waals surface area contributed by atoms with E-state index < -0.39 is 10.0 Å². The molecule has 9 nitrogen and oxygen atoms in total. The molecule has 0 unspecified atom stereocenters. The molecule has 0 radical (unpaired) electrons. The smallest absolute Gasteiger partial charge is 0.259 e. The molecule has 0 aliphatic carbocycles. The summed E-state index contributed by atoms with van der Waals surface area (Å²) in [7, 11) is -1.83. The van der Waals surface area contributed by atoms with Crippen molar-refractivity contribution in [2.24, 2.45) is 16.0 Å². The molecule has 1 saturated heterocycles. The predicted molar refractivity (Wildman–Crippen MR) is 118 cm³/mol. The fourth-order valence-electron chi connectivity index (χ4n) is 4.01. The number of amidine groups is 1. The van der Waals surface area contributed by atoms with E-state index in [4.69, 9.17) is 10.5 Å². The van der Waals surface area contributed by atoms with Crippen LogP contribution >= 0.6 is 0 Å². The lowest BCUT2D eigenvalue weighted by atomic mass is 9.98. The summed E-state index contributed by atoms with van der Waals surface area (Å²) in [5.41, 5.74) is 7.64. The summed E-state index contributed by atoms with van der Waals surface area (Å²) < 4.78 is 33.3. The van der Waals surface area contributed by atoms with Crippen LogP contribution in [0.15, 0.2) is 40.9 Å². The molecule has 10 heteroatoms. The fraction of sp³-hybridized carbons (Fsp3) is 0.381. The summed E-state index contributed by atoms with van der Waals surface area (Å²) in [6.45, 7) is 1.69. The summed E-state index contributed by atoms with van der Waals surface area (Å²) in [6.07, 6.45) is 3.45. The molecule has 3 N–H and O–H groups in total. The zero-order chi connectivity index (χ0) is 22.0. The summed E-state index contributed by atoms with van der Waals surface area (Å²) >= 11 is 0. The lowest BCUT2D eigenvalue weighted by Gasteiger charge is -2.33. The highest BCUT2D eigenvalue weighted by molar-refractivity contribution is 7.89. The molecule has 0 bridgehead atoms. The fourth-order valence-corrected chi connectivity index (χ4v) is 5.10. The van der Waals surface area contributed by atoms with Crippen molar-refractivity contribution in [1.29, 1.82) is 0 Å². The second kappa shape index (κ2) is 8.54. The first kappa shape index (κ1) is 21.1. The second-order valence-corrected chi connectivity index (χ2v) is 9.38. The third-order valence-electron chi connectivity index (χ3n) is 5.49. The van der Waals surface area contributed by atoms with E-state index in [0.29, 0.717) is 48.0 Å². The van der Waals surface area contributed by atoms with Crippen LogP contribution in [0.1, 0.15) is 34.3 Å². The number of anilines is 1. The van der Waals surface area contributed by atoms with Gasteiger partial charge in [-0.25, -0.2) is 13.4 Å². The minimum absolute atomic E-state index is 0.0257. The number of ether oxygens (including phenoxy) is 1. The second-order valence-electron chi connectivity index (χ2n) is 7.74. The van der Waals surface area contributed by atoms with Crippen molar-refractivity contribution >= 4 is 27.6 Å². The molecule has 2 aliphatic heterocycles. The molecule has 3 heterocycles. The molecule has 1 fully saturated rings. The van der Waals surface area contributed by atoms with Crippen molar-refractivity contribution in [3.05, 3.63) is 53.2 Å². The highest BCUT2D eigenvalue weighted by atomic mass is 32.2. The maximum Gasteiger partial charge on any atom is 0.259 e. The van der Waals surface area contributed by atoms with Crippen molar-refractivity contribution in [3.8, 4) is 5.75 Å². The molecule has 0 saturated carbocycles. The van der Waals surface area contributed by atoms with Gasteiger partial charge in [0, 0.05) is 37.8 Å². The minimum atomic E-state index is -3.59. The molecule has 1 atom stereocenters. The van der Waals surface area contributed by atoms with Gasteiger partial charge in [0.05, 0.1) is 17.9 Å². The number of pyridine rings is 1. The van der Waals surface area contributed by atoms with Crippen LogP contribution < -0.4 is 15.8 Å². The molecule has 2 aliphatic rings. The van der Waals surface area contributed by atoms with Crippen molar-refractivity contribution in [3.63, 3.8) is 0 Å². The first-order valence-corrected chi connectivity index (χ1v) is 11.7. The highest BCUT2D eigenvalue weighted by Gasteiger charge is 2.28. The number of amides is 1. The van der Waals surface area contributed by atoms with Crippen LogP contribution in [0.5, 0.6) is 5.75 Å². The Labute approximate surface area is 181 Å². The number of hydrogen-bond donors (Lipinski definition) is 2. The summed E-state index contributed by atoms with van der Waals surface area (Å²) in [4.78, 5) is 18.9. The summed E-state index contributed by atoms with van der Waals surface area (Å²) in [5.74, 6) is 1.07. The van der Waals surface area contributed by atoms with Crippen LogP contribution in [0.2, 0.25) is 0 Å². The lowest BCUT2D eigenvalue weighted by Crippen LogP contribution is -2.41. The van der Waals surface area contributed by atoms with E-state index in [1.807, 2.05) is 4.90 Å². The Kier molecular flexibility index (Phi) is 5.81. The van der Waals surface area contributed by atoms with Gasteiger partial charge in [-0.15, -0.1) is 4.40 Å². The van der Waals surface area contributed by atoms with E-state index in [9.17, 15) is 13.2 Å². The van der Waals surface area contributed by atoms with E-state index >= 15 is 0 Å². The number of piperidine rings is 1. The number of benzene rings is 1. The molecule has 0 spiro atoms. The molecule has 1 aromatic carbocycles. The Morgan fingerprint density at radius 3 is 3.00 bits per heavy atom. The van der Waals surface area contributed by atoms with Gasteiger partial charge in [-0.1, -0.05) is 12.1 Å². The Balaban J connectivity index is 1.44. The van der Waals surface area contributed by atoms with Crippen LogP contribution in [0.4, 0.5) is 5.82 Å². The zero-order valence-electron chi connectivity index (χ0n) is 17.2. The van der Waals surface area contributed by atoms with Gasteiger partial charge in [-0.05, 0) is 36.6 Å². The molecule has 1 amide bonds. The number of aromatic nitrogens is 1. The quantitative estimate of drug-likeness (QED) is 0.718. The van der Waals surface area contributed by atoms with Gasteiger partial charge in [-0.3, -0.25) is 4.79 Å². The molecular weight excluding hydrogens is 418 g/mol. The molecule has 1 aromatic heterocycles. The maximum atomic E-state index is 12.9. The van der Waals surface area contributed by atoms with Gasteiger partial charge < -0.3 is 20.7 Å². The number of carbonyl (C=O) groups is 1. The topological polar surface area (TPSA) is 127 Å². The Hall–Kier alpha value is -3.14. The third kappa shape index (κ3) is 4.63. The number of nitrogens with two attached hydrogens (primary N) is 1. The third-order valence-corrected chi connectivity index (χ3v) is 6.64. The zero-order valence-corrected chi connectivity index (χ0v) is 18.1. The Bertz CT molecular complexity index is 1130. The standard InChI is InChI=1S/C21H25N5O4S/c1-23-18-10-15(7-8-24-18)21(27)26-9-3-4-14(11-26)12-30-17-6-2-5-16-13-31(28,29)25-20(22)19(16)17/h2,5-8,10,14H,3-4,9,11-13H2,1H3,(H2,22,25)(H,23,24)/t14-/m0/s1. The van der Waals surface area contributed by atoms with E-state index in [1.165, 1.54) is 0 Å². The van der Waals surface area contributed by atoms with Gasteiger partial charge in [0.1, 0.15) is 17.4 Å². The minimum Gasteiger partial charge on any atom is -0.492 e. The van der Waals surface area contributed by atoms with E-state index in [-0.39, 0.29) is 23.4 Å². The van der Waals surface area contributed by atoms with Crippen molar-refractivity contribution in [2.45, 2.75) is 18.6 Å². The molecule has 2 aromatic rings. The first-order valence-electron chi connectivity index (χ1n) is 10.1. The number of sulfonamides is 1. The Morgan fingerprint density at radius 1 is 1.35 bits per heavy atom. The van der Waals surface area contributed by atoms with Gasteiger partial charge in [0.15, 0.2) is 0 Å². The van der Waals surface area contributed by atoms with Gasteiger partial charge in [0.25, 0.3) is 15.9 Å². The number of carbonyl (C=O) groups excluding carboxylic acids is 1. The molecular formula is C21H25N5O4S. The Morgan fingerprint density at radius 2 is 2.19 bits per heavy atom. The lowest BCUT2D eigenvalue weighted by molar-refractivity contribution is 0.0633. The number of fused-ring (bicyclic) bond motifs is 1. The number of likely N-dealkylation sites (tertiary alicyclic amines) is 1. The predicted octanol–water partition coefficient (Wildman–Crippen LogP) is 1.60. The van der Waals surface area contributed by atoms with Gasteiger partial charge in [-0.2, -0.15) is 0 Å². The molecule has 164 valence electrons.